The molecular weight excluding hydrogens is 364 g/mol. The van der Waals surface area contributed by atoms with E-state index in [4.69, 9.17) is 0 Å². The van der Waals surface area contributed by atoms with Gasteiger partial charge in [-0.3, -0.25) is 0 Å². The molecule has 3 fully saturated rings. The van der Waals surface area contributed by atoms with E-state index in [-0.39, 0.29) is 6.10 Å². The first-order chi connectivity index (χ1) is 14.1. The quantitative estimate of drug-likeness (QED) is 0.464. The van der Waals surface area contributed by atoms with Crippen molar-refractivity contribution in [2.24, 2.45) is 46.3 Å². The second kappa shape index (κ2) is 8.09. The lowest BCUT2D eigenvalue weighted by Crippen LogP contribution is -2.48. The Morgan fingerprint density at radius 1 is 1.00 bits per heavy atom. The molecule has 0 aliphatic heterocycles. The Kier molecular flexibility index (Phi) is 6.10. The van der Waals surface area contributed by atoms with Gasteiger partial charge in [0.1, 0.15) is 0 Å². The maximum Gasteiger partial charge on any atom is 0.0543 e. The highest BCUT2D eigenvalue weighted by Gasteiger charge is 2.55. The molecule has 0 aromatic rings. The number of aliphatic hydroxyl groups excluding tert-OH is 1. The molecule has 0 spiro atoms. The Morgan fingerprint density at radius 3 is 2.43 bits per heavy atom. The maximum atomic E-state index is 10.3. The Morgan fingerprint density at radius 2 is 1.73 bits per heavy atom. The monoisotopic (exact) mass is 412 g/mol. The predicted octanol–water partition coefficient (Wildman–Crippen LogP) is 7.94. The predicted molar refractivity (Wildman–Crippen MR) is 128 cm³/mol. The number of hydrogen-bond donors (Lipinski definition) is 1. The summed E-state index contributed by atoms with van der Waals surface area (Å²) in [5.41, 5.74) is 6.27. The summed E-state index contributed by atoms with van der Waals surface area (Å²) in [5.74, 6) is 4.47. The van der Waals surface area contributed by atoms with Crippen molar-refractivity contribution in [3.05, 3.63) is 22.8 Å². The van der Waals surface area contributed by atoms with Crippen molar-refractivity contribution in [3.63, 3.8) is 0 Å². The van der Waals surface area contributed by atoms with E-state index >= 15 is 0 Å². The van der Waals surface area contributed by atoms with Crippen molar-refractivity contribution >= 4 is 0 Å². The van der Waals surface area contributed by atoms with Crippen LogP contribution in [0.4, 0.5) is 0 Å². The van der Waals surface area contributed by atoms with Gasteiger partial charge in [-0.2, -0.15) is 0 Å². The molecule has 0 radical (unpaired) electrons. The van der Waals surface area contributed by atoms with Crippen LogP contribution < -0.4 is 0 Å². The SMILES string of the molecule is CC(=CC(C)C1CCC2=C3CCC4CC(O)CCC4(C)C3CCC21C)C(C)C(C)C. The summed E-state index contributed by atoms with van der Waals surface area (Å²) in [5, 5.41) is 10.3. The third-order valence-corrected chi connectivity index (χ3v) is 10.9. The molecule has 0 bridgehead atoms. The van der Waals surface area contributed by atoms with Gasteiger partial charge in [0.25, 0.3) is 0 Å². The highest BCUT2D eigenvalue weighted by Crippen LogP contribution is 2.65. The van der Waals surface area contributed by atoms with Gasteiger partial charge in [0, 0.05) is 0 Å². The average molecular weight is 413 g/mol. The maximum absolute atomic E-state index is 10.3. The zero-order valence-corrected chi connectivity index (χ0v) is 20.9. The molecular formula is C29H48O. The summed E-state index contributed by atoms with van der Waals surface area (Å²) in [6, 6.07) is 0. The number of allylic oxidation sites excluding steroid dienone is 4. The van der Waals surface area contributed by atoms with Crippen molar-refractivity contribution in [1.82, 2.24) is 0 Å². The molecule has 30 heavy (non-hydrogen) atoms. The largest absolute Gasteiger partial charge is 0.393 e. The summed E-state index contributed by atoms with van der Waals surface area (Å²) >= 11 is 0. The molecule has 1 N–H and O–H groups in total. The molecule has 0 aromatic carbocycles. The number of hydrogen-bond acceptors (Lipinski definition) is 1. The number of rotatable bonds is 4. The average Bonchev–Trinajstić information content (AvgIpc) is 3.05. The summed E-state index contributed by atoms with van der Waals surface area (Å²) in [6.07, 6.45) is 14.1. The van der Waals surface area contributed by atoms with Crippen LogP contribution in [0.25, 0.3) is 0 Å². The third kappa shape index (κ3) is 3.56. The normalized spacial score (nSPS) is 43.8. The molecule has 0 aromatic heterocycles. The minimum Gasteiger partial charge on any atom is -0.393 e. The standard InChI is InChI=1S/C29H48O/c1-18(2)21(5)19(3)16-20(4)25-10-11-26-24-9-8-22-17-23(30)12-14-28(22,6)27(24)13-15-29(25,26)7/h16,18,20-23,25,27,30H,8-15,17H2,1-7H3. The van der Waals surface area contributed by atoms with Gasteiger partial charge in [-0.1, -0.05) is 64.3 Å². The minimum atomic E-state index is -0.0360. The van der Waals surface area contributed by atoms with Crippen molar-refractivity contribution in [1.29, 1.82) is 0 Å². The molecule has 4 aliphatic carbocycles. The summed E-state index contributed by atoms with van der Waals surface area (Å²) in [7, 11) is 0. The summed E-state index contributed by atoms with van der Waals surface area (Å²) in [4.78, 5) is 0. The Bertz CT molecular complexity index is 714. The van der Waals surface area contributed by atoms with E-state index in [1.807, 2.05) is 11.1 Å². The fourth-order valence-corrected chi connectivity index (χ4v) is 8.56. The fraction of sp³-hybridized carbons (Fsp3) is 0.862. The van der Waals surface area contributed by atoms with Gasteiger partial charge in [0.15, 0.2) is 0 Å². The first-order valence-corrected chi connectivity index (χ1v) is 13.2. The summed E-state index contributed by atoms with van der Waals surface area (Å²) in [6.45, 7) is 17.2. The molecule has 4 aliphatic rings. The molecule has 1 heteroatoms. The Hall–Kier alpha value is -0.560. The van der Waals surface area contributed by atoms with Crippen molar-refractivity contribution in [2.45, 2.75) is 112 Å². The third-order valence-electron chi connectivity index (χ3n) is 10.9. The van der Waals surface area contributed by atoms with E-state index in [9.17, 15) is 5.11 Å². The molecule has 170 valence electrons. The number of aliphatic hydroxyl groups is 1. The van der Waals surface area contributed by atoms with Crippen molar-refractivity contribution in [2.75, 3.05) is 0 Å². The van der Waals surface area contributed by atoms with E-state index in [1.165, 1.54) is 44.9 Å². The first kappa shape index (κ1) is 22.6. The van der Waals surface area contributed by atoms with E-state index in [2.05, 4.69) is 54.5 Å². The number of fused-ring (bicyclic) bond motifs is 4. The van der Waals surface area contributed by atoms with E-state index in [1.54, 1.807) is 5.57 Å². The highest BCUT2D eigenvalue weighted by molar-refractivity contribution is 5.35. The molecule has 1 nitrogen and oxygen atoms in total. The molecule has 0 heterocycles. The van der Waals surface area contributed by atoms with Crippen LogP contribution in [0.2, 0.25) is 0 Å². The van der Waals surface area contributed by atoms with Gasteiger partial charge >= 0.3 is 0 Å². The fourth-order valence-electron chi connectivity index (χ4n) is 8.56. The van der Waals surface area contributed by atoms with Gasteiger partial charge < -0.3 is 5.11 Å². The summed E-state index contributed by atoms with van der Waals surface area (Å²) < 4.78 is 0. The first-order valence-electron chi connectivity index (χ1n) is 13.2. The van der Waals surface area contributed by atoms with E-state index in [0.29, 0.717) is 22.7 Å². The van der Waals surface area contributed by atoms with Gasteiger partial charge in [-0.25, -0.2) is 0 Å². The van der Waals surface area contributed by atoms with Crippen LogP contribution in [0.15, 0.2) is 22.8 Å². The van der Waals surface area contributed by atoms with Crippen LogP contribution in [0.3, 0.4) is 0 Å². The smallest absolute Gasteiger partial charge is 0.0543 e. The van der Waals surface area contributed by atoms with Crippen LogP contribution in [-0.4, -0.2) is 11.2 Å². The van der Waals surface area contributed by atoms with Gasteiger partial charge in [-0.15, -0.1) is 0 Å². The van der Waals surface area contributed by atoms with Crippen LogP contribution in [0.1, 0.15) is 106 Å². The highest BCUT2D eigenvalue weighted by atomic mass is 16.3. The van der Waals surface area contributed by atoms with E-state index < -0.39 is 0 Å². The molecule has 0 saturated heterocycles. The van der Waals surface area contributed by atoms with Crippen LogP contribution in [-0.2, 0) is 0 Å². The lowest BCUT2D eigenvalue weighted by molar-refractivity contribution is -0.0377. The van der Waals surface area contributed by atoms with Crippen LogP contribution in [0, 0.1) is 46.3 Å². The lowest BCUT2D eigenvalue weighted by Gasteiger charge is -2.56. The topological polar surface area (TPSA) is 20.2 Å². The van der Waals surface area contributed by atoms with Gasteiger partial charge in [-0.05, 0) is 111 Å². The second-order valence-corrected chi connectivity index (χ2v) is 12.6. The Labute approximate surface area is 186 Å². The van der Waals surface area contributed by atoms with Crippen LogP contribution in [0.5, 0.6) is 0 Å². The lowest BCUT2D eigenvalue weighted by atomic mass is 9.49. The zero-order chi connectivity index (χ0) is 21.8. The molecule has 8 atom stereocenters. The molecule has 0 amide bonds. The molecule has 4 rings (SSSR count). The van der Waals surface area contributed by atoms with Crippen LogP contribution >= 0.6 is 0 Å². The minimum absolute atomic E-state index is 0.0360. The zero-order valence-electron chi connectivity index (χ0n) is 20.9. The molecule has 8 unspecified atom stereocenters. The van der Waals surface area contributed by atoms with Gasteiger partial charge in [0.05, 0.1) is 6.10 Å². The molecule has 3 saturated carbocycles. The van der Waals surface area contributed by atoms with Gasteiger partial charge in [0.2, 0.25) is 0 Å². The van der Waals surface area contributed by atoms with E-state index in [0.717, 1.165) is 36.5 Å². The second-order valence-electron chi connectivity index (χ2n) is 12.6. The van der Waals surface area contributed by atoms with Crippen molar-refractivity contribution < 1.29 is 5.11 Å². The van der Waals surface area contributed by atoms with Crippen molar-refractivity contribution in [3.8, 4) is 0 Å². The Balaban J connectivity index is 1.60.